The van der Waals surface area contributed by atoms with E-state index in [1.54, 1.807) is 6.92 Å². The highest BCUT2D eigenvalue weighted by Gasteiger charge is 2.21. The number of rotatable bonds is 6. The molecule has 1 N–H and O–H groups in total. The van der Waals surface area contributed by atoms with E-state index in [1.165, 1.54) is 7.11 Å². The van der Waals surface area contributed by atoms with E-state index in [0.29, 0.717) is 22.1 Å². The van der Waals surface area contributed by atoms with E-state index >= 15 is 0 Å². The number of nitrogens with zero attached hydrogens (tertiary/aromatic N) is 2. The molecule has 118 valence electrons. The second-order valence-corrected chi connectivity index (χ2v) is 5.73. The van der Waals surface area contributed by atoms with Crippen LogP contribution in [0.15, 0.2) is 5.03 Å². The fraction of sp³-hybridized carbons (Fsp3) is 0.467. The van der Waals surface area contributed by atoms with Crippen LogP contribution < -0.4 is 5.32 Å². The van der Waals surface area contributed by atoms with Gasteiger partial charge in [-0.3, -0.25) is 4.79 Å². The minimum absolute atomic E-state index is 0.111. The van der Waals surface area contributed by atoms with Crippen LogP contribution in [0, 0.1) is 19.3 Å². The molecule has 0 aliphatic carbocycles. The van der Waals surface area contributed by atoms with Crippen LogP contribution >= 0.6 is 11.8 Å². The summed E-state index contributed by atoms with van der Waals surface area (Å²) in [7, 11) is 1.30. The van der Waals surface area contributed by atoms with Gasteiger partial charge in [0, 0.05) is 5.92 Å². The Morgan fingerprint density at radius 3 is 2.64 bits per heavy atom. The van der Waals surface area contributed by atoms with Crippen LogP contribution in [0.3, 0.4) is 0 Å². The van der Waals surface area contributed by atoms with E-state index < -0.39 is 5.97 Å². The van der Waals surface area contributed by atoms with Crippen LogP contribution in [0.5, 0.6) is 0 Å². The standard InChI is InChI=1S/C15H19N3O3S/c1-6-7-16-11(19)8-22-14-12(15(20)21-5)10(4)17-13(18-14)9(2)3/h1,9H,7-8H2,2-5H3,(H,16,19). The van der Waals surface area contributed by atoms with E-state index in [9.17, 15) is 9.59 Å². The van der Waals surface area contributed by atoms with Crippen molar-refractivity contribution in [1.29, 1.82) is 0 Å². The molecule has 0 spiro atoms. The van der Waals surface area contributed by atoms with Crippen LogP contribution in [0.2, 0.25) is 0 Å². The average molecular weight is 321 g/mol. The maximum atomic E-state index is 11.9. The predicted molar refractivity (Wildman–Crippen MR) is 84.8 cm³/mol. The number of hydrogen-bond donors (Lipinski definition) is 1. The highest BCUT2D eigenvalue weighted by Crippen LogP contribution is 2.25. The molecule has 0 saturated heterocycles. The summed E-state index contributed by atoms with van der Waals surface area (Å²) in [4.78, 5) is 32.3. The Hall–Kier alpha value is -2.07. The molecule has 0 aliphatic rings. The van der Waals surface area contributed by atoms with Crippen LogP contribution in [-0.4, -0.2) is 41.3 Å². The number of esters is 1. The largest absolute Gasteiger partial charge is 0.465 e. The topological polar surface area (TPSA) is 81.2 Å². The van der Waals surface area contributed by atoms with Gasteiger partial charge in [-0.2, -0.15) is 0 Å². The van der Waals surface area contributed by atoms with E-state index in [0.717, 1.165) is 11.8 Å². The molecule has 0 bridgehead atoms. The van der Waals surface area contributed by atoms with Crippen molar-refractivity contribution in [2.45, 2.75) is 31.7 Å². The number of hydrogen-bond acceptors (Lipinski definition) is 6. The summed E-state index contributed by atoms with van der Waals surface area (Å²) in [5, 5.41) is 3.01. The molecule has 1 aromatic rings. The summed E-state index contributed by atoms with van der Waals surface area (Å²) in [6, 6.07) is 0. The Balaban J connectivity index is 3.06. The van der Waals surface area contributed by atoms with Gasteiger partial charge in [0.2, 0.25) is 5.91 Å². The molecule has 0 aliphatic heterocycles. The molecular formula is C15H19N3O3S. The lowest BCUT2D eigenvalue weighted by Crippen LogP contribution is -2.25. The van der Waals surface area contributed by atoms with Gasteiger partial charge in [-0.25, -0.2) is 14.8 Å². The molecule has 22 heavy (non-hydrogen) atoms. The predicted octanol–water partition coefficient (Wildman–Crippen LogP) is 1.54. The number of nitrogens with one attached hydrogen (secondary N) is 1. The molecule has 7 heteroatoms. The number of ether oxygens (including phenoxy) is 1. The lowest BCUT2D eigenvalue weighted by Gasteiger charge is -2.13. The van der Waals surface area contributed by atoms with Crippen molar-refractivity contribution in [2.75, 3.05) is 19.4 Å². The summed E-state index contributed by atoms with van der Waals surface area (Å²) in [6.45, 7) is 5.81. The monoisotopic (exact) mass is 321 g/mol. The Bertz CT molecular complexity index is 609. The van der Waals surface area contributed by atoms with E-state index in [-0.39, 0.29) is 24.1 Å². The smallest absolute Gasteiger partial charge is 0.342 e. The number of amides is 1. The van der Waals surface area contributed by atoms with E-state index in [4.69, 9.17) is 11.2 Å². The number of carbonyl (C=O) groups is 2. The van der Waals surface area contributed by atoms with Gasteiger partial charge in [0.05, 0.1) is 25.1 Å². The Kier molecular flexibility index (Phi) is 6.86. The molecule has 0 fully saturated rings. The average Bonchev–Trinajstić information content (AvgIpc) is 2.49. The third-order valence-electron chi connectivity index (χ3n) is 2.71. The lowest BCUT2D eigenvalue weighted by molar-refractivity contribution is -0.118. The second-order valence-electron chi connectivity index (χ2n) is 4.76. The lowest BCUT2D eigenvalue weighted by atomic mass is 10.2. The van der Waals surface area contributed by atoms with Crippen molar-refractivity contribution in [3.8, 4) is 12.3 Å². The van der Waals surface area contributed by atoms with Gasteiger partial charge in [-0.05, 0) is 6.92 Å². The van der Waals surface area contributed by atoms with Crippen LogP contribution in [0.1, 0.15) is 41.6 Å². The Labute approximate surface area is 134 Å². The van der Waals surface area contributed by atoms with Gasteiger partial charge in [0.25, 0.3) is 0 Å². The minimum Gasteiger partial charge on any atom is -0.465 e. The highest BCUT2D eigenvalue weighted by atomic mass is 32.2. The van der Waals surface area contributed by atoms with Gasteiger partial charge >= 0.3 is 5.97 Å². The fourth-order valence-corrected chi connectivity index (χ4v) is 2.51. The SMILES string of the molecule is C#CCNC(=O)CSc1nc(C(C)C)nc(C)c1C(=O)OC. The van der Waals surface area contributed by atoms with E-state index in [2.05, 4.69) is 21.2 Å². The number of terminal acetylenes is 1. The quantitative estimate of drug-likeness (QED) is 0.370. The van der Waals surface area contributed by atoms with E-state index in [1.807, 2.05) is 13.8 Å². The molecule has 1 amide bonds. The van der Waals surface area contributed by atoms with Crippen molar-refractivity contribution in [3.63, 3.8) is 0 Å². The number of aryl methyl sites for hydroxylation is 1. The first kappa shape index (κ1) is 18.0. The molecule has 0 aromatic carbocycles. The first-order valence-electron chi connectivity index (χ1n) is 6.70. The van der Waals surface area contributed by atoms with Gasteiger partial charge in [-0.1, -0.05) is 31.5 Å². The fourth-order valence-electron chi connectivity index (χ4n) is 1.60. The first-order chi connectivity index (χ1) is 10.4. The second kappa shape index (κ2) is 8.39. The molecule has 0 radical (unpaired) electrons. The summed E-state index contributed by atoms with van der Waals surface area (Å²) >= 11 is 1.16. The number of carbonyl (C=O) groups excluding carboxylic acids is 2. The van der Waals surface area contributed by atoms with Gasteiger partial charge in [-0.15, -0.1) is 6.42 Å². The van der Waals surface area contributed by atoms with Crippen molar-refractivity contribution in [2.24, 2.45) is 0 Å². The summed E-state index contributed by atoms with van der Waals surface area (Å²) in [6.07, 6.45) is 5.09. The minimum atomic E-state index is -0.515. The number of aromatic nitrogens is 2. The Morgan fingerprint density at radius 2 is 2.09 bits per heavy atom. The van der Waals surface area contributed by atoms with Crippen molar-refractivity contribution in [3.05, 3.63) is 17.1 Å². The number of methoxy groups -OCH3 is 1. The summed E-state index contributed by atoms with van der Waals surface area (Å²) < 4.78 is 4.77. The zero-order valence-electron chi connectivity index (χ0n) is 13.1. The molecular weight excluding hydrogens is 302 g/mol. The molecule has 0 saturated carbocycles. The molecule has 0 atom stereocenters. The molecule has 1 aromatic heterocycles. The molecule has 0 unspecified atom stereocenters. The highest BCUT2D eigenvalue weighted by molar-refractivity contribution is 8.00. The zero-order valence-corrected chi connectivity index (χ0v) is 13.9. The summed E-state index contributed by atoms with van der Waals surface area (Å²) in [5.74, 6) is 2.44. The van der Waals surface area contributed by atoms with Gasteiger partial charge in [0.15, 0.2) is 0 Å². The maximum Gasteiger partial charge on any atom is 0.342 e. The normalized spacial score (nSPS) is 10.2. The molecule has 1 rings (SSSR count). The third-order valence-corrected chi connectivity index (χ3v) is 3.68. The number of thioether (sulfide) groups is 1. The Morgan fingerprint density at radius 1 is 1.41 bits per heavy atom. The van der Waals surface area contributed by atoms with Crippen molar-refractivity contribution < 1.29 is 14.3 Å². The van der Waals surface area contributed by atoms with Gasteiger partial charge in [0.1, 0.15) is 16.4 Å². The van der Waals surface area contributed by atoms with Crippen LogP contribution in [0.4, 0.5) is 0 Å². The van der Waals surface area contributed by atoms with Crippen molar-refractivity contribution in [1.82, 2.24) is 15.3 Å². The van der Waals surface area contributed by atoms with Crippen molar-refractivity contribution >= 4 is 23.6 Å². The maximum absolute atomic E-state index is 11.9. The zero-order chi connectivity index (χ0) is 16.7. The molecule has 6 nitrogen and oxygen atoms in total. The first-order valence-corrected chi connectivity index (χ1v) is 7.69. The summed E-state index contributed by atoms with van der Waals surface area (Å²) in [5.41, 5.74) is 0.832. The third kappa shape index (κ3) is 4.74. The van der Waals surface area contributed by atoms with Gasteiger partial charge < -0.3 is 10.1 Å². The van der Waals surface area contributed by atoms with Crippen LogP contribution in [0.25, 0.3) is 0 Å². The van der Waals surface area contributed by atoms with Crippen LogP contribution in [-0.2, 0) is 9.53 Å². The molecule has 1 heterocycles.